The Balaban J connectivity index is 0.00000312. The Morgan fingerprint density at radius 3 is 2.68 bits per heavy atom. The van der Waals surface area contributed by atoms with Gasteiger partial charge in [-0.05, 0) is 39.7 Å². The second kappa shape index (κ2) is 10.4. The number of hydrogen-bond acceptors (Lipinski definition) is 3. The van der Waals surface area contributed by atoms with Crippen molar-refractivity contribution in [1.82, 2.24) is 30.0 Å². The molecule has 2 N–H and O–H groups in total. The summed E-state index contributed by atoms with van der Waals surface area (Å²) in [7, 11) is 1.99. The number of guanidine groups is 1. The van der Waals surface area contributed by atoms with Crippen molar-refractivity contribution >= 4 is 29.9 Å². The zero-order chi connectivity index (χ0) is 17.5. The van der Waals surface area contributed by atoms with E-state index in [4.69, 9.17) is 0 Å². The van der Waals surface area contributed by atoms with E-state index >= 15 is 0 Å². The van der Waals surface area contributed by atoms with Gasteiger partial charge in [-0.15, -0.1) is 24.0 Å². The Hall–Kier alpha value is -1.58. The molecule has 0 aliphatic heterocycles. The molecule has 140 valence electrons. The second-order valence-corrected chi connectivity index (χ2v) is 6.08. The second-order valence-electron chi connectivity index (χ2n) is 6.08. The van der Waals surface area contributed by atoms with Gasteiger partial charge in [0.2, 0.25) is 0 Å². The smallest absolute Gasteiger partial charge is 0.191 e. The summed E-state index contributed by atoms with van der Waals surface area (Å²) in [5, 5.41) is 11.3. The highest BCUT2D eigenvalue weighted by Crippen LogP contribution is 2.14. The standard InChI is InChI=1S/C17H29N7.HI/c1-6-19-17(20-8-10-24-9-7-18-12-24)21-13(2)11-16-14(3)22-23(5)15(16)4;/h7,9,12-13H,6,8,10-11H2,1-5H3,(H2,19,20,21);1H. The highest BCUT2D eigenvalue weighted by molar-refractivity contribution is 14.0. The average molecular weight is 459 g/mol. The van der Waals surface area contributed by atoms with E-state index in [2.05, 4.69) is 53.4 Å². The molecule has 0 spiro atoms. The third kappa shape index (κ3) is 6.33. The van der Waals surface area contributed by atoms with Crippen LogP contribution in [-0.4, -0.2) is 44.4 Å². The van der Waals surface area contributed by atoms with Crippen LogP contribution in [0.15, 0.2) is 23.7 Å². The number of rotatable bonds is 7. The lowest BCUT2D eigenvalue weighted by atomic mass is 10.1. The van der Waals surface area contributed by atoms with E-state index in [-0.39, 0.29) is 30.0 Å². The number of imidazole rings is 1. The molecule has 0 aromatic carbocycles. The number of aryl methyl sites for hydroxylation is 2. The maximum absolute atomic E-state index is 4.64. The lowest BCUT2D eigenvalue weighted by Crippen LogP contribution is -2.43. The fourth-order valence-electron chi connectivity index (χ4n) is 2.72. The van der Waals surface area contributed by atoms with Crippen molar-refractivity contribution in [3.05, 3.63) is 35.7 Å². The van der Waals surface area contributed by atoms with Gasteiger partial charge in [0.1, 0.15) is 0 Å². The van der Waals surface area contributed by atoms with Crippen molar-refractivity contribution < 1.29 is 0 Å². The largest absolute Gasteiger partial charge is 0.357 e. The summed E-state index contributed by atoms with van der Waals surface area (Å²) in [6.45, 7) is 10.8. The third-order valence-electron chi connectivity index (χ3n) is 4.08. The minimum Gasteiger partial charge on any atom is -0.357 e. The van der Waals surface area contributed by atoms with Crippen molar-refractivity contribution in [2.75, 3.05) is 13.1 Å². The molecule has 0 amide bonds. The molecule has 2 rings (SSSR count). The summed E-state index contributed by atoms with van der Waals surface area (Å²) in [6, 6.07) is 0.276. The zero-order valence-electron chi connectivity index (χ0n) is 15.8. The van der Waals surface area contributed by atoms with Crippen molar-refractivity contribution in [2.45, 2.75) is 46.7 Å². The molecular weight excluding hydrogens is 429 g/mol. The van der Waals surface area contributed by atoms with Crippen LogP contribution in [0.3, 0.4) is 0 Å². The lowest BCUT2D eigenvalue weighted by molar-refractivity contribution is 0.630. The van der Waals surface area contributed by atoms with Crippen LogP contribution in [0.2, 0.25) is 0 Å². The average Bonchev–Trinajstić information content (AvgIpc) is 3.12. The molecule has 25 heavy (non-hydrogen) atoms. The van der Waals surface area contributed by atoms with Gasteiger partial charge in [-0.3, -0.25) is 9.67 Å². The first kappa shape index (κ1) is 21.5. The van der Waals surface area contributed by atoms with Gasteiger partial charge in [-0.2, -0.15) is 5.10 Å². The molecule has 0 aliphatic carbocycles. The maximum atomic E-state index is 4.64. The highest BCUT2D eigenvalue weighted by atomic mass is 127. The number of nitrogens with one attached hydrogen (secondary N) is 2. The van der Waals surface area contributed by atoms with Crippen LogP contribution in [0.25, 0.3) is 0 Å². The Labute approximate surface area is 167 Å². The van der Waals surface area contributed by atoms with Gasteiger partial charge in [-0.1, -0.05) is 0 Å². The quantitative estimate of drug-likeness (QED) is 0.378. The molecule has 1 unspecified atom stereocenters. The van der Waals surface area contributed by atoms with Crippen LogP contribution < -0.4 is 10.6 Å². The van der Waals surface area contributed by atoms with Crippen LogP contribution in [-0.2, 0) is 20.0 Å². The molecule has 0 aliphatic rings. The molecule has 0 saturated carbocycles. The van der Waals surface area contributed by atoms with Gasteiger partial charge < -0.3 is 15.2 Å². The molecule has 0 bridgehead atoms. The van der Waals surface area contributed by atoms with Gasteiger partial charge in [0, 0.05) is 44.3 Å². The number of halogens is 1. The molecule has 1 atom stereocenters. The summed E-state index contributed by atoms with van der Waals surface area (Å²) >= 11 is 0. The summed E-state index contributed by atoms with van der Waals surface area (Å²) in [5.74, 6) is 0.851. The fraction of sp³-hybridized carbons (Fsp3) is 0.588. The first-order valence-corrected chi connectivity index (χ1v) is 8.51. The predicted octanol–water partition coefficient (Wildman–Crippen LogP) is 2.04. The monoisotopic (exact) mass is 459 g/mol. The van der Waals surface area contributed by atoms with E-state index in [1.165, 1.54) is 11.3 Å². The van der Waals surface area contributed by atoms with E-state index < -0.39 is 0 Å². The van der Waals surface area contributed by atoms with Gasteiger partial charge >= 0.3 is 0 Å². The van der Waals surface area contributed by atoms with Crippen molar-refractivity contribution in [3.63, 3.8) is 0 Å². The summed E-state index contributed by atoms with van der Waals surface area (Å²) in [6.07, 6.45) is 6.48. The van der Waals surface area contributed by atoms with E-state index in [0.717, 1.165) is 31.2 Å². The minimum atomic E-state index is 0. The molecule has 8 heteroatoms. The van der Waals surface area contributed by atoms with Crippen LogP contribution >= 0.6 is 24.0 Å². The van der Waals surface area contributed by atoms with Crippen LogP contribution in [0.4, 0.5) is 0 Å². The van der Waals surface area contributed by atoms with Gasteiger partial charge in [-0.25, -0.2) is 4.98 Å². The summed E-state index contributed by atoms with van der Waals surface area (Å²) in [4.78, 5) is 8.69. The Morgan fingerprint density at radius 1 is 1.36 bits per heavy atom. The summed E-state index contributed by atoms with van der Waals surface area (Å²) < 4.78 is 3.97. The predicted molar refractivity (Wildman–Crippen MR) is 113 cm³/mol. The highest BCUT2D eigenvalue weighted by Gasteiger charge is 2.13. The van der Waals surface area contributed by atoms with Crippen molar-refractivity contribution in [2.24, 2.45) is 12.0 Å². The van der Waals surface area contributed by atoms with Gasteiger partial charge in [0.15, 0.2) is 5.96 Å². The minimum absolute atomic E-state index is 0. The molecule has 0 fully saturated rings. The van der Waals surface area contributed by atoms with E-state index in [9.17, 15) is 0 Å². The molecule has 7 nitrogen and oxygen atoms in total. The third-order valence-corrected chi connectivity index (χ3v) is 4.08. The molecular formula is C17H30IN7. The van der Waals surface area contributed by atoms with E-state index in [1.807, 2.05) is 28.8 Å². The molecule has 2 heterocycles. The number of aromatic nitrogens is 4. The SMILES string of the molecule is CCNC(=NCCn1ccnc1)NC(C)Cc1c(C)nn(C)c1C.I. The Bertz CT molecular complexity index is 661. The number of aliphatic imine (C=N–C) groups is 1. The fourth-order valence-corrected chi connectivity index (χ4v) is 2.72. The summed E-state index contributed by atoms with van der Waals surface area (Å²) in [5.41, 5.74) is 3.64. The molecule has 2 aromatic heterocycles. The van der Waals surface area contributed by atoms with Gasteiger partial charge in [0.25, 0.3) is 0 Å². The Morgan fingerprint density at radius 2 is 2.12 bits per heavy atom. The molecule has 0 radical (unpaired) electrons. The molecule has 0 saturated heterocycles. The topological polar surface area (TPSA) is 72.1 Å². The normalized spacial score (nSPS) is 12.6. The maximum Gasteiger partial charge on any atom is 0.191 e. The van der Waals surface area contributed by atoms with Crippen LogP contribution in [0.5, 0.6) is 0 Å². The molecule has 2 aromatic rings. The van der Waals surface area contributed by atoms with Crippen molar-refractivity contribution in [3.8, 4) is 0 Å². The van der Waals surface area contributed by atoms with Crippen molar-refractivity contribution in [1.29, 1.82) is 0 Å². The number of nitrogens with zero attached hydrogens (tertiary/aromatic N) is 5. The van der Waals surface area contributed by atoms with E-state index in [1.54, 1.807) is 6.20 Å². The first-order chi connectivity index (χ1) is 11.5. The Kier molecular flexibility index (Phi) is 8.95. The zero-order valence-corrected chi connectivity index (χ0v) is 18.1. The first-order valence-electron chi connectivity index (χ1n) is 8.51. The van der Waals surface area contributed by atoms with Crippen LogP contribution in [0.1, 0.15) is 30.8 Å². The number of hydrogen-bond donors (Lipinski definition) is 2. The lowest BCUT2D eigenvalue weighted by Gasteiger charge is -2.18. The van der Waals surface area contributed by atoms with Crippen LogP contribution in [0, 0.1) is 13.8 Å². The van der Waals surface area contributed by atoms with E-state index in [0.29, 0.717) is 6.54 Å². The van der Waals surface area contributed by atoms with Gasteiger partial charge in [0.05, 0.1) is 18.6 Å².